The summed E-state index contributed by atoms with van der Waals surface area (Å²) in [5.41, 5.74) is 3.36. The molecule has 1 aromatic heterocycles. The van der Waals surface area contributed by atoms with Crippen LogP contribution in [0.4, 0.5) is 0 Å². The van der Waals surface area contributed by atoms with E-state index in [9.17, 15) is 4.79 Å². The van der Waals surface area contributed by atoms with E-state index in [-0.39, 0.29) is 11.8 Å². The lowest BCUT2D eigenvalue weighted by Gasteiger charge is -2.30. The molecular weight excluding hydrogens is 428 g/mol. The second-order valence-corrected chi connectivity index (χ2v) is 8.87. The largest absolute Gasteiger partial charge is 0.494 e. The molecule has 1 aliphatic rings. The minimum Gasteiger partial charge on any atom is -0.494 e. The quantitative estimate of drug-likeness (QED) is 0.450. The van der Waals surface area contributed by atoms with Gasteiger partial charge in [0.1, 0.15) is 5.75 Å². The molecule has 1 amide bonds. The summed E-state index contributed by atoms with van der Waals surface area (Å²) in [4.78, 5) is 19.6. The van der Waals surface area contributed by atoms with E-state index >= 15 is 0 Å². The highest BCUT2D eigenvalue weighted by Crippen LogP contribution is 2.22. The van der Waals surface area contributed by atoms with Crippen molar-refractivity contribution < 1.29 is 14.1 Å². The van der Waals surface area contributed by atoms with Crippen LogP contribution in [-0.2, 0) is 17.8 Å². The number of nitrogens with zero attached hydrogens (tertiary/aromatic N) is 3. The minimum atomic E-state index is -0.00187. The molecule has 0 radical (unpaired) electrons. The van der Waals surface area contributed by atoms with Gasteiger partial charge in [0, 0.05) is 18.7 Å². The highest BCUT2D eigenvalue weighted by molar-refractivity contribution is 5.78. The van der Waals surface area contributed by atoms with Crippen LogP contribution >= 0.6 is 0 Å². The van der Waals surface area contributed by atoms with E-state index in [1.54, 1.807) is 0 Å². The van der Waals surface area contributed by atoms with Crippen molar-refractivity contribution in [2.24, 2.45) is 5.92 Å². The number of ether oxygens (including phenoxy) is 1. The summed E-state index contributed by atoms with van der Waals surface area (Å²) in [6.07, 6.45) is 3.76. The second kappa shape index (κ2) is 11.8. The number of aryl methyl sites for hydroxylation is 2. The van der Waals surface area contributed by atoms with E-state index in [4.69, 9.17) is 9.26 Å². The Labute approximate surface area is 201 Å². The van der Waals surface area contributed by atoms with E-state index in [0.29, 0.717) is 38.0 Å². The number of hydrogen-bond donors (Lipinski definition) is 1. The summed E-state index contributed by atoms with van der Waals surface area (Å²) in [5, 5.41) is 7.29. The third kappa shape index (κ3) is 6.44. The van der Waals surface area contributed by atoms with Gasteiger partial charge in [0.25, 0.3) is 0 Å². The molecule has 2 heterocycles. The maximum absolute atomic E-state index is 12.7. The van der Waals surface area contributed by atoms with Crippen LogP contribution in [0.15, 0.2) is 53.1 Å². The van der Waals surface area contributed by atoms with E-state index in [1.807, 2.05) is 50.2 Å². The van der Waals surface area contributed by atoms with Crippen LogP contribution in [-0.4, -0.2) is 47.2 Å². The zero-order chi connectivity index (χ0) is 23.8. The van der Waals surface area contributed by atoms with Gasteiger partial charge >= 0.3 is 0 Å². The number of benzene rings is 2. The van der Waals surface area contributed by atoms with Crippen molar-refractivity contribution in [2.45, 2.75) is 46.1 Å². The lowest BCUT2D eigenvalue weighted by Crippen LogP contribution is -2.43. The van der Waals surface area contributed by atoms with Crippen molar-refractivity contribution in [3.63, 3.8) is 0 Å². The van der Waals surface area contributed by atoms with Crippen LogP contribution in [0.5, 0.6) is 5.75 Å². The Kier molecular flexibility index (Phi) is 8.31. The molecule has 7 heteroatoms. The topological polar surface area (TPSA) is 80.5 Å². The number of rotatable bonds is 10. The summed E-state index contributed by atoms with van der Waals surface area (Å²) in [6, 6.07) is 16.2. The van der Waals surface area contributed by atoms with Gasteiger partial charge in [0.15, 0.2) is 0 Å². The van der Waals surface area contributed by atoms with Crippen LogP contribution in [0.3, 0.4) is 0 Å². The molecule has 7 nitrogen and oxygen atoms in total. The zero-order valence-electron chi connectivity index (χ0n) is 20.1. The van der Waals surface area contributed by atoms with Gasteiger partial charge in [-0.05, 0) is 69.3 Å². The summed E-state index contributed by atoms with van der Waals surface area (Å²) in [7, 11) is 0. The number of carbonyl (C=O) groups excluding carboxylic acids is 1. The van der Waals surface area contributed by atoms with E-state index in [2.05, 4.69) is 32.5 Å². The van der Waals surface area contributed by atoms with Gasteiger partial charge in [-0.25, -0.2) is 0 Å². The number of aromatic nitrogens is 2. The Morgan fingerprint density at radius 3 is 2.82 bits per heavy atom. The third-order valence-corrected chi connectivity index (χ3v) is 6.27. The van der Waals surface area contributed by atoms with Gasteiger partial charge in [-0.2, -0.15) is 4.98 Å². The molecule has 180 valence electrons. The molecule has 1 aliphatic heterocycles. The Hall–Kier alpha value is -3.19. The molecule has 1 N–H and O–H groups in total. The molecule has 0 spiro atoms. The molecule has 0 bridgehead atoms. The fourth-order valence-corrected chi connectivity index (χ4v) is 4.42. The van der Waals surface area contributed by atoms with Gasteiger partial charge in [0.05, 0.1) is 19.1 Å². The van der Waals surface area contributed by atoms with Crippen LogP contribution < -0.4 is 10.1 Å². The van der Waals surface area contributed by atoms with Crippen molar-refractivity contribution in [3.05, 3.63) is 65.5 Å². The average Bonchev–Trinajstić information content (AvgIpc) is 3.31. The molecule has 1 atom stereocenters. The number of amides is 1. The van der Waals surface area contributed by atoms with E-state index < -0.39 is 0 Å². The van der Waals surface area contributed by atoms with Gasteiger partial charge in [-0.3, -0.25) is 9.69 Å². The monoisotopic (exact) mass is 462 g/mol. The number of piperidine rings is 1. The smallest absolute Gasteiger partial charge is 0.241 e. The Bertz CT molecular complexity index is 1060. The summed E-state index contributed by atoms with van der Waals surface area (Å²) in [5.74, 6) is 2.25. The molecule has 3 aromatic rings. The van der Waals surface area contributed by atoms with Crippen molar-refractivity contribution >= 4 is 5.91 Å². The fourth-order valence-electron chi connectivity index (χ4n) is 4.42. The minimum absolute atomic E-state index is 0.00187. The lowest BCUT2D eigenvalue weighted by molar-refractivity contribution is -0.126. The van der Waals surface area contributed by atoms with Crippen molar-refractivity contribution in [2.75, 3.05) is 26.2 Å². The molecular formula is C27H34N4O3. The standard InChI is InChI=1S/C27H34N4O3/c1-3-33-23-14-12-21(13-15-23)9-6-16-28-27(32)22-10-7-17-31(18-22)19-25-29-26(30-34-25)24-11-5-4-8-20(24)2/h4-5,8,11-15,22H,3,6-7,9-10,16-19H2,1-2H3,(H,28,32). The average molecular weight is 463 g/mol. The van der Waals surface area contributed by atoms with Crippen molar-refractivity contribution in [1.29, 1.82) is 0 Å². The molecule has 1 unspecified atom stereocenters. The first kappa shape index (κ1) is 24.0. The molecule has 34 heavy (non-hydrogen) atoms. The van der Waals surface area contributed by atoms with Crippen LogP contribution in [0, 0.1) is 12.8 Å². The normalized spacial score (nSPS) is 16.4. The maximum atomic E-state index is 12.7. The molecule has 4 rings (SSSR count). The highest BCUT2D eigenvalue weighted by atomic mass is 16.5. The summed E-state index contributed by atoms with van der Waals surface area (Å²) >= 11 is 0. The number of likely N-dealkylation sites (tertiary alicyclic amines) is 1. The number of nitrogens with one attached hydrogen (secondary N) is 1. The first-order chi connectivity index (χ1) is 16.6. The van der Waals surface area contributed by atoms with Crippen LogP contribution in [0.1, 0.15) is 43.2 Å². The summed E-state index contributed by atoms with van der Waals surface area (Å²) in [6.45, 7) is 7.60. The van der Waals surface area contributed by atoms with E-state index in [1.165, 1.54) is 5.56 Å². The third-order valence-electron chi connectivity index (χ3n) is 6.27. The maximum Gasteiger partial charge on any atom is 0.241 e. The molecule has 0 aliphatic carbocycles. The van der Waals surface area contributed by atoms with Crippen LogP contribution in [0.25, 0.3) is 11.4 Å². The van der Waals surface area contributed by atoms with Gasteiger partial charge in [-0.1, -0.05) is 41.6 Å². The van der Waals surface area contributed by atoms with Crippen molar-refractivity contribution in [3.8, 4) is 17.1 Å². The fraction of sp³-hybridized carbons (Fsp3) is 0.444. The molecule has 1 fully saturated rings. The molecule has 1 saturated heterocycles. The molecule has 2 aromatic carbocycles. The lowest BCUT2D eigenvalue weighted by atomic mass is 9.97. The molecule has 0 saturated carbocycles. The SMILES string of the molecule is CCOc1ccc(CCCNC(=O)C2CCCN(Cc3nc(-c4ccccc4C)no3)C2)cc1. The summed E-state index contributed by atoms with van der Waals surface area (Å²) < 4.78 is 11.0. The van der Waals surface area contributed by atoms with E-state index in [0.717, 1.165) is 49.1 Å². The van der Waals surface area contributed by atoms with Gasteiger partial charge in [0.2, 0.25) is 17.6 Å². The van der Waals surface area contributed by atoms with Gasteiger partial charge < -0.3 is 14.6 Å². The predicted octanol–water partition coefficient (Wildman–Crippen LogP) is 4.40. The zero-order valence-corrected chi connectivity index (χ0v) is 20.1. The van der Waals surface area contributed by atoms with Crippen molar-refractivity contribution in [1.82, 2.24) is 20.4 Å². The van der Waals surface area contributed by atoms with Gasteiger partial charge in [-0.15, -0.1) is 0 Å². The van der Waals surface area contributed by atoms with Crippen LogP contribution in [0.2, 0.25) is 0 Å². The first-order valence-electron chi connectivity index (χ1n) is 12.2. The Balaban J connectivity index is 1.21. The Morgan fingerprint density at radius 2 is 2.03 bits per heavy atom. The second-order valence-electron chi connectivity index (χ2n) is 8.87. The predicted molar refractivity (Wildman–Crippen MR) is 131 cm³/mol. The number of hydrogen-bond acceptors (Lipinski definition) is 6. The highest BCUT2D eigenvalue weighted by Gasteiger charge is 2.26. The Morgan fingerprint density at radius 1 is 1.21 bits per heavy atom. The first-order valence-corrected chi connectivity index (χ1v) is 12.2. The number of carbonyl (C=O) groups is 1.